The molecule has 2 aromatic carbocycles. The van der Waals surface area contributed by atoms with Crippen molar-refractivity contribution >= 4 is 27.8 Å². The highest BCUT2D eigenvalue weighted by molar-refractivity contribution is 7.98. The zero-order valence-corrected chi connectivity index (χ0v) is 19.2. The van der Waals surface area contributed by atoms with Crippen LogP contribution in [-0.2, 0) is 26.2 Å². The molecular weight excluding hydrogens is 454 g/mol. The lowest BCUT2D eigenvalue weighted by atomic mass is 10.2. The van der Waals surface area contributed by atoms with E-state index in [1.165, 1.54) is 23.9 Å². The largest absolute Gasteiger partial charge is 0.497 e. The Bertz CT molecular complexity index is 1140. The van der Waals surface area contributed by atoms with Gasteiger partial charge in [0.05, 0.1) is 12.0 Å². The molecule has 0 aliphatic rings. The fraction of sp³-hybridized carbons (Fsp3) is 0.286. The smallest absolute Gasteiger partial charge is 0.324 e. The topological polar surface area (TPSA) is 121 Å². The van der Waals surface area contributed by atoms with E-state index in [-0.39, 0.29) is 23.8 Å². The van der Waals surface area contributed by atoms with Crippen LogP contribution >= 0.6 is 11.8 Å². The minimum atomic E-state index is -3.88. The fourth-order valence-electron chi connectivity index (χ4n) is 2.74. The number of methoxy groups -OCH3 is 1. The molecule has 1 N–H and O–H groups in total. The Balaban J connectivity index is 1.66. The highest BCUT2D eigenvalue weighted by Crippen LogP contribution is 2.21. The molecule has 0 saturated heterocycles. The van der Waals surface area contributed by atoms with E-state index in [0.29, 0.717) is 22.9 Å². The zero-order chi connectivity index (χ0) is 23.0. The molecule has 0 saturated carbocycles. The van der Waals surface area contributed by atoms with Gasteiger partial charge in [0.25, 0.3) is 5.89 Å². The number of ether oxygens (including phenoxy) is 2. The maximum Gasteiger partial charge on any atom is 0.324 e. The third kappa shape index (κ3) is 6.31. The van der Waals surface area contributed by atoms with Crippen molar-refractivity contribution in [2.24, 2.45) is 0 Å². The molecule has 11 heteroatoms. The van der Waals surface area contributed by atoms with Crippen LogP contribution in [-0.4, -0.2) is 49.7 Å². The van der Waals surface area contributed by atoms with Crippen LogP contribution in [0.5, 0.6) is 5.75 Å². The van der Waals surface area contributed by atoms with Crippen molar-refractivity contribution in [3.63, 3.8) is 0 Å². The zero-order valence-electron chi connectivity index (χ0n) is 17.6. The number of hydrogen-bond donors (Lipinski definition) is 1. The molecule has 32 heavy (non-hydrogen) atoms. The van der Waals surface area contributed by atoms with Crippen molar-refractivity contribution in [2.75, 3.05) is 19.1 Å². The monoisotopic (exact) mass is 477 g/mol. The summed E-state index contributed by atoms with van der Waals surface area (Å²) in [5.41, 5.74) is 0.680. The van der Waals surface area contributed by atoms with Gasteiger partial charge < -0.3 is 14.0 Å². The van der Waals surface area contributed by atoms with Gasteiger partial charge in [0.2, 0.25) is 15.8 Å². The summed E-state index contributed by atoms with van der Waals surface area (Å²) in [4.78, 5) is 16.9. The van der Waals surface area contributed by atoms with Gasteiger partial charge in [-0.25, -0.2) is 8.42 Å². The van der Waals surface area contributed by atoms with Crippen molar-refractivity contribution in [3.05, 3.63) is 60.5 Å². The second-order valence-electron chi connectivity index (χ2n) is 6.62. The molecule has 0 aliphatic heterocycles. The molecule has 3 rings (SSSR count). The van der Waals surface area contributed by atoms with Gasteiger partial charge in [0.15, 0.2) is 6.61 Å². The lowest BCUT2D eigenvalue weighted by Crippen LogP contribution is -2.42. The second-order valence-corrected chi connectivity index (χ2v) is 9.32. The van der Waals surface area contributed by atoms with Gasteiger partial charge in [0.1, 0.15) is 11.8 Å². The summed E-state index contributed by atoms with van der Waals surface area (Å²) in [6, 6.07) is 13.9. The number of sulfonamides is 1. The summed E-state index contributed by atoms with van der Waals surface area (Å²) in [6.45, 7) is -0.279. The molecule has 0 bridgehead atoms. The molecule has 1 heterocycles. The maximum atomic E-state index is 12.6. The van der Waals surface area contributed by atoms with Crippen LogP contribution in [0.3, 0.4) is 0 Å². The fourth-order valence-corrected chi connectivity index (χ4v) is 4.45. The molecular formula is C21H23N3O6S2. The number of rotatable bonds is 11. The highest BCUT2D eigenvalue weighted by Gasteiger charge is 2.27. The van der Waals surface area contributed by atoms with E-state index in [2.05, 4.69) is 14.9 Å². The van der Waals surface area contributed by atoms with E-state index >= 15 is 0 Å². The maximum absolute atomic E-state index is 12.6. The lowest BCUT2D eigenvalue weighted by molar-refractivity contribution is -0.147. The number of nitrogens with zero attached hydrogens (tertiary/aromatic N) is 2. The third-order valence-electron chi connectivity index (χ3n) is 4.38. The lowest BCUT2D eigenvalue weighted by Gasteiger charge is -2.17. The van der Waals surface area contributed by atoms with Crippen LogP contribution in [0.25, 0.3) is 11.4 Å². The van der Waals surface area contributed by atoms with E-state index in [4.69, 9.17) is 14.0 Å². The molecule has 1 unspecified atom stereocenters. The van der Waals surface area contributed by atoms with Gasteiger partial charge >= 0.3 is 5.97 Å². The third-order valence-corrected chi connectivity index (χ3v) is 6.51. The van der Waals surface area contributed by atoms with Crippen LogP contribution in [0.4, 0.5) is 0 Å². The standard InChI is InChI=1S/C21H23N3O6S2/c1-28-16-8-6-7-15(13-16)20-22-19(30-23-20)14-29-21(25)18(11-12-31-2)24-32(26,27)17-9-4-3-5-10-17/h3-10,13,18,24H,11-12,14H2,1-2H3. The number of aromatic nitrogens is 2. The molecule has 1 aromatic heterocycles. The van der Waals surface area contributed by atoms with Crippen LogP contribution in [0.2, 0.25) is 0 Å². The first kappa shape index (κ1) is 23.8. The number of thioether (sulfide) groups is 1. The summed E-state index contributed by atoms with van der Waals surface area (Å²) in [7, 11) is -2.32. The first-order valence-corrected chi connectivity index (χ1v) is 12.5. The number of carbonyl (C=O) groups excluding carboxylic acids is 1. The van der Waals surface area contributed by atoms with Gasteiger partial charge in [-0.15, -0.1) is 0 Å². The molecule has 170 valence electrons. The van der Waals surface area contributed by atoms with E-state index in [9.17, 15) is 13.2 Å². The molecule has 0 fully saturated rings. The number of benzene rings is 2. The predicted octanol–water partition coefficient (Wildman–Crippen LogP) is 2.89. The van der Waals surface area contributed by atoms with Crippen LogP contribution in [0.1, 0.15) is 12.3 Å². The Morgan fingerprint density at radius 2 is 1.97 bits per heavy atom. The van der Waals surface area contributed by atoms with Gasteiger partial charge in [-0.05, 0) is 42.7 Å². The van der Waals surface area contributed by atoms with E-state index in [1.54, 1.807) is 49.6 Å². The molecule has 0 aliphatic carbocycles. The molecule has 3 aromatic rings. The summed E-state index contributed by atoms with van der Waals surface area (Å²) in [6.07, 6.45) is 2.14. The van der Waals surface area contributed by atoms with E-state index in [0.717, 1.165) is 0 Å². The van der Waals surface area contributed by atoms with Crippen molar-refractivity contribution in [1.29, 1.82) is 0 Å². The van der Waals surface area contributed by atoms with Crippen LogP contribution < -0.4 is 9.46 Å². The average Bonchev–Trinajstić information content (AvgIpc) is 3.30. The number of hydrogen-bond acceptors (Lipinski definition) is 9. The molecule has 0 amide bonds. The van der Waals surface area contributed by atoms with Gasteiger partial charge in [-0.1, -0.05) is 35.5 Å². The Hall–Kier alpha value is -2.89. The highest BCUT2D eigenvalue weighted by atomic mass is 32.2. The van der Waals surface area contributed by atoms with Crippen molar-refractivity contribution in [2.45, 2.75) is 24.0 Å². The van der Waals surface area contributed by atoms with Crippen LogP contribution in [0.15, 0.2) is 64.0 Å². The Morgan fingerprint density at radius 1 is 1.19 bits per heavy atom. The van der Waals surface area contributed by atoms with Crippen molar-refractivity contribution in [3.8, 4) is 17.1 Å². The molecule has 9 nitrogen and oxygen atoms in total. The number of carbonyl (C=O) groups is 1. The predicted molar refractivity (Wildman–Crippen MR) is 120 cm³/mol. The normalized spacial score (nSPS) is 12.3. The SMILES string of the molecule is COc1cccc(-c2noc(COC(=O)C(CCSC)NS(=O)(=O)c3ccccc3)n2)c1. The van der Waals surface area contributed by atoms with E-state index < -0.39 is 22.0 Å². The van der Waals surface area contributed by atoms with Gasteiger partial charge in [-0.2, -0.15) is 21.5 Å². The Labute approximate surface area is 190 Å². The van der Waals surface area contributed by atoms with Crippen molar-refractivity contribution in [1.82, 2.24) is 14.9 Å². The van der Waals surface area contributed by atoms with Crippen molar-refractivity contribution < 1.29 is 27.2 Å². The van der Waals surface area contributed by atoms with Gasteiger partial charge in [-0.3, -0.25) is 4.79 Å². The van der Waals surface area contributed by atoms with Crippen LogP contribution in [0, 0.1) is 0 Å². The Kier molecular flexibility index (Phi) is 8.26. The minimum absolute atomic E-state index is 0.0711. The molecule has 0 spiro atoms. The number of nitrogens with one attached hydrogen (secondary N) is 1. The molecule has 1 atom stereocenters. The van der Waals surface area contributed by atoms with E-state index in [1.807, 2.05) is 6.26 Å². The summed E-state index contributed by atoms with van der Waals surface area (Å²) in [5, 5.41) is 3.89. The molecule has 0 radical (unpaired) electrons. The number of esters is 1. The summed E-state index contributed by atoms with van der Waals surface area (Å²) >= 11 is 1.49. The summed E-state index contributed by atoms with van der Waals surface area (Å²) < 4.78 is 43.3. The summed E-state index contributed by atoms with van der Waals surface area (Å²) in [5.74, 6) is 0.893. The quantitative estimate of drug-likeness (QED) is 0.416. The van der Waals surface area contributed by atoms with Gasteiger partial charge in [0, 0.05) is 5.56 Å². The second kappa shape index (κ2) is 11.1. The first-order chi connectivity index (χ1) is 15.4. The Morgan fingerprint density at radius 3 is 2.69 bits per heavy atom. The average molecular weight is 478 g/mol. The minimum Gasteiger partial charge on any atom is -0.497 e. The first-order valence-electron chi connectivity index (χ1n) is 9.63.